The van der Waals surface area contributed by atoms with Crippen LogP contribution in [0.4, 0.5) is 8.78 Å². The molecule has 1 aliphatic carbocycles. The van der Waals surface area contributed by atoms with E-state index in [1.165, 1.54) is 5.56 Å². The van der Waals surface area contributed by atoms with E-state index in [9.17, 15) is 8.78 Å². The van der Waals surface area contributed by atoms with Crippen molar-refractivity contribution >= 4 is 11.0 Å². The molecule has 1 aromatic carbocycles. The lowest BCUT2D eigenvalue weighted by Crippen LogP contribution is -2.23. The van der Waals surface area contributed by atoms with Gasteiger partial charge in [-0.25, -0.2) is 13.8 Å². The summed E-state index contributed by atoms with van der Waals surface area (Å²) in [6, 6.07) is 6.09. The summed E-state index contributed by atoms with van der Waals surface area (Å²) in [4.78, 5) is 10.0. The first-order chi connectivity index (χ1) is 9.95. The summed E-state index contributed by atoms with van der Waals surface area (Å²) in [6.45, 7) is 3.60. The highest BCUT2D eigenvalue weighted by molar-refractivity contribution is 5.78. The summed E-state index contributed by atoms with van der Waals surface area (Å²) in [6.07, 6.45) is 1.47. The molecule has 1 aliphatic rings. The number of halogens is 2. The summed E-state index contributed by atoms with van der Waals surface area (Å²) in [5.41, 5.74) is 3.25. The van der Waals surface area contributed by atoms with Gasteiger partial charge in [-0.2, -0.15) is 0 Å². The highest BCUT2D eigenvalue weighted by atomic mass is 19.3. The van der Waals surface area contributed by atoms with Gasteiger partial charge in [-0.05, 0) is 38.6 Å². The van der Waals surface area contributed by atoms with Gasteiger partial charge in [0.15, 0.2) is 0 Å². The number of para-hydroxylation sites is 1. The number of aryl methyl sites for hydroxylation is 1. The lowest BCUT2D eigenvalue weighted by molar-refractivity contribution is 0.0946. The predicted molar refractivity (Wildman–Crippen MR) is 79.7 cm³/mol. The maximum atomic E-state index is 12.8. The molecule has 0 spiro atoms. The van der Waals surface area contributed by atoms with Gasteiger partial charge in [0.25, 0.3) is 5.92 Å². The number of rotatable bonds is 6. The molecule has 1 N–H and O–H groups in total. The van der Waals surface area contributed by atoms with Crippen molar-refractivity contribution in [1.82, 2.24) is 14.9 Å². The third kappa shape index (κ3) is 3.23. The number of hydrogen-bond donors (Lipinski definition) is 1. The number of aromatic nitrogens is 2. The molecule has 0 amide bonds. The van der Waals surface area contributed by atoms with Crippen LogP contribution < -0.4 is 0 Å². The Labute approximate surface area is 123 Å². The minimum absolute atomic E-state index is 0.0731. The SMILES string of the molecule is Cc1cccc2[nH]c(CCN(C)CC[C@H]3CC3(F)F)nc12. The standard InChI is InChI=1S/C16H21F2N3/c1-11-4-3-5-13-15(11)20-14(19-13)7-9-21(2)8-6-12-10-16(12,17)18/h3-5,12H,6-10H2,1-2H3,(H,19,20)/t12-/m0/s1. The van der Waals surface area contributed by atoms with Crippen LogP contribution in [-0.4, -0.2) is 40.9 Å². The van der Waals surface area contributed by atoms with Crippen molar-refractivity contribution in [1.29, 1.82) is 0 Å². The molecule has 5 heteroatoms. The van der Waals surface area contributed by atoms with Crippen LogP contribution in [0.25, 0.3) is 11.0 Å². The number of benzene rings is 1. The first-order valence-corrected chi connectivity index (χ1v) is 7.46. The van der Waals surface area contributed by atoms with E-state index in [4.69, 9.17) is 0 Å². The third-order valence-corrected chi connectivity index (χ3v) is 4.31. The molecule has 1 heterocycles. The zero-order valence-corrected chi connectivity index (χ0v) is 12.5. The average Bonchev–Trinajstić information content (AvgIpc) is 2.85. The lowest BCUT2D eigenvalue weighted by atomic mass is 10.2. The van der Waals surface area contributed by atoms with Crippen molar-refractivity contribution in [2.24, 2.45) is 5.92 Å². The van der Waals surface area contributed by atoms with E-state index in [-0.39, 0.29) is 6.42 Å². The van der Waals surface area contributed by atoms with Gasteiger partial charge in [-0.15, -0.1) is 0 Å². The molecule has 1 fully saturated rings. The molecule has 3 nitrogen and oxygen atoms in total. The van der Waals surface area contributed by atoms with Gasteiger partial charge in [-0.3, -0.25) is 0 Å². The van der Waals surface area contributed by atoms with Crippen molar-refractivity contribution in [3.8, 4) is 0 Å². The largest absolute Gasteiger partial charge is 0.342 e. The smallest absolute Gasteiger partial charge is 0.251 e. The fraction of sp³-hybridized carbons (Fsp3) is 0.562. The number of likely N-dealkylation sites (N-methyl/N-ethyl adjacent to an activating group) is 1. The van der Waals surface area contributed by atoms with E-state index in [0.29, 0.717) is 6.42 Å². The van der Waals surface area contributed by atoms with Gasteiger partial charge >= 0.3 is 0 Å². The van der Waals surface area contributed by atoms with Crippen molar-refractivity contribution in [3.05, 3.63) is 29.6 Å². The molecule has 0 saturated heterocycles. The van der Waals surface area contributed by atoms with E-state index in [1.807, 2.05) is 19.2 Å². The first kappa shape index (κ1) is 14.4. The van der Waals surface area contributed by atoms with E-state index in [2.05, 4.69) is 27.9 Å². The van der Waals surface area contributed by atoms with Crippen molar-refractivity contribution < 1.29 is 8.78 Å². The van der Waals surface area contributed by atoms with Gasteiger partial charge in [0, 0.05) is 25.3 Å². The van der Waals surface area contributed by atoms with Crippen LogP contribution in [0.3, 0.4) is 0 Å². The van der Waals surface area contributed by atoms with Gasteiger partial charge in [0.1, 0.15) is 5.82 Å². The van der Waals surface area contributed by atoms with Gasteiger partial charge in [0.05, 0.1) is 11.0 Å². The molecule has 0 radical (unpaired) electrons. The Morgan fingerprint density at radius 3 is 2.81 bits per heavy atom. The van der Waals surface area contributed by atoms with E-state index >= 15 is 0 Å². The highest BCUT2D eigenvalue weighted by Crippen LogP contribution is 2.50. The average molecular weight is 293 g/mol. The zero-order valence-electron chi connectivity index (χ0n) is 12.5. The number of fused-ring (bicyclic) bond motifs is 1. The Morgan fingerprint density at radius 2 is 2.14 bits per heavy atom. The van der Waals surface area contributed by atoms with Gasteiger partial charge in [0.2, 0.25) is 0 Å². The third-order valence-electron chi connectivity index (χ3n) is 4.31. The predicted octanol–water partition coefficient (Wildman–Crippen LogP) is 3.39. The summed E-state index contributed by atoms with van der Waals surface area (Å²) in [5, 5.41) is 0. The van der Waals surface area contributed by atoms with E-state index in [0.717, 1.165) is 36.4 Å². The topological polar surface area (TPSA) is 31.9 Å². The molecule has 1 atom stereocenters. The maximum Gasteiger partial charge on any atom is 0.251 e. The van der Waals surface area contributed by atoms with Crippen LogP contribution in [0, 0.1) is 12.8 Å². The second-order valence-electron chi connectivity index (χ2n) is 6.16. The Kier molecular flexibility index (Phi) is 3.69. The maximum absolute atomic E-state index is 12.8. The van der Waals surface area contributed by atoms with Crippen LogP contribution in [0.2, 0.25) is 0 Å². The number of alkyl halides is 2. The minimum atomic E-state index is -2.39. The second-order valence-corrected chi connectivity index (χ2v) is 6.16. The van der Waals surface area contributed by atoms with Crippen LogP contribution in [-0.2, 0) is 6.42 Å². The Hall–Kier alpha value is -1.49. The molecule has 21 heavy (non-hydrogen) atoms. The molecule has 0 bridgehead atoms. The molecule has 2 aromatic rings. The number of hydrogen-bond acceptors (Lipinski definition) is 2. The van der Waals surface area contributed by atoms with Crippen LogP contribution in [0.5, 0.6) is 0 Å². The second kappa shape index (κ2) is 5.37. The molecular weight excluding hydrogens is 272 g/mol. The normalized spacial score (nSPS) is 20.3. The van der Waals surface area contributed by atoms with Crippen molar-refractivity contribution in [2.45, 2.75) is 32.1 Å². The summed E-state index contributed by atoms with van der Waals surface area (Å²) < 4.78 is 25.6. The molecule has 114 valence electrons. The number of imidazole rings is 1. The fourth-order valence-electron chi connectivity index (χ4n) is 2.71. The van der Waals surface area contributed by atoms with Gasteiger partial charge < -0.3 is 9.88 Å². The summed E-state index contributed by atoms with van der Waals surface area (Å²) in [7, 11) is 1.98. The first-order valence-electron chi connectivity index (χ1n) is 7.46. The monoisotopic (exact) mass is 293 g/mol. The number of aromatic amines is 1. The van der Waals surface area contributed by atoms with Crippen LogP contribution >= 0.6 is 0 Å². The molecule has 1 aromatic heterocycles. The summed E-state index contributed by atoms with van der Waals surface area (Å²) in [5.74, 6) is -1.83. The van der Waals surface area contributed by atoms with Crippen molar-refractivity contribution in [3.63, 3.8) is 0 Å². The fourth-order valence-corrected chi connectivity index (χ4v) is 2.71. The zero-order chi connectivity index (χ0) is 15.0. The van der Waals surface area contributed by atoms with E-state index < -0.39 is 11.8 Å². The molecule has 0 unspecified atom stereocenters. The van der Waals surface area contributed by atoms with Crippen LogP contribution in [0.1, 0.15) is 24.2 Å². The van der Waals surface area contributed by atoms with Crippen molar-refractivity contribution in [2.75, 3.05) is 20.1 Å². The van der Waals surface area contributed by atoms with E-state index in [1.54, 1.807) is 0 Å². The molecule has 0 aliphatic heterocycles. The Morgan fingerprint density at radius 1 is 1.38 bits per heavy atom. The molecule has 1 saturated carbocycles. The summed E-state index contributed by atoms with van der Waals surface area (Å²) >= 11 is 0. The molecule has 3 rings (SSSR count). The van der Waals surface area contributed by atoms with Gasteiger partial charge in [-0.1, -0.05) is 12.1 Å². The quantitative estimate of drug-likeness (QED) is 0.885. The number of nitrogens with zero attached hydrogens (tertiary/aromatic N) is 2. The lowest BCUT2D eigenvalue weighted by Gasteiger charge is -2.15. The Balaban J connectivity index is 1.50. The molecular formula is C16H21F2N3. The minimum Gasteiger partial charge on any atom is -0.342 e. The number of nitrogens with one attached hydrogen (secondary N) is 1. The Bertz CT molecular complexity index is 635. The van der Waals surface area contributed by atoms with Crippen LogP contribution in [0.15, 0.2) is 18.2 Å². The number of H-pyrrole nitrogens is 1. The highest BCUT2D eigenvalue weighted by Gasteiger charge is 2.55.